The standard InChI is InChI=1S/C20H27FN2O5/c1-13(17(24)22-16-8-6-5-7-15(16)21)27-18(25)14-9-11-23(12-10-14)19(26)28-20(2,3)4/h5-8,13-14H,9-12H2,1-4H3,(H,22,24)/t13-/m0/s1. The number of anilines is 1. The van der Waals surface area contributed by atoms with Gasteiger partial charge in [0, 0.05) is 13.1 Å². The van der Waals surface area contributed by atoms with Crippen molar-refractivity contribution in [2.45, 2.75) is 52.2 Å². The van der Waals surface area contributed by atoms with Gasteiger partial charge in [0.25, 0.3) is 5.91 Å². The van der Waals surface area contributed by atoms with Crippen molar-refractivity contribution in [1.29, 1.82) is 0 Å². The van der Waals surface area contributed by atoms with Crippen molar-refractivity contribution in [2.75, 3.05) is 18.4 Å². The summed E-state index contributed by atoms with van der Waals surface area (Å²) >= 11 is 0. The van der Waals surface area contributed by atoms with Crippen LogP contribution in [0.1, 0.15) is 40.5 Å². The van der Waals surface area contributed by atoms with Gasteiger partial charge < -0.3 is 19.7 Å². The number of nitrogens with one attached hydrogen (secondary N) is 1. The summed E-state index contributed by atoms with van der Waals surface area (Å²) in [5.41, 5.74) is -0.547. The Morgan fingerprint density at radius 2 is 1.79 bits per heavy atom. The van der Waals surface area contributed by atoms with Crippen LogP contribution in [0.3, 0.4) is 0 Å². The summed E-state index contributed by atoms with van der Waals surface area (Å²) in [5, 5.41) is 2.40. The topological polar surface area (TPSA) is 84.9 Å². The fraction of sp³-hybridized carbons (Fsp3) is 0.550. The van der Waals surface area contributed by atoms with Gasteiger partial charge in [0.05, 0.1) is 11.6 Å². The molecule has 0 aliphatic carbocycles. The van der Waals surface area contributed by atoms with E-state index >= 15 is 0 Å². The summed E-state index contributed by atoms with van der Waals surface area (Å²) in [6.45, 7) is 7.58. The van der Waals surface area contributed by atoms with Gasteiger partial charge in [0.1, 0.15) is 11.4 Å². The minimum Gasteiger partial charge on any atom is -0.452 e. The van der Waals surface area contributed by atoms with E-state index in [4.69, 9.17) is 9.47 Å². The molecule has 1 aromatic rings. The Kier molecular flexibility index (Phi) is 6.99. The Hall–Kier alpha value is -2.64. The number of rotatable bonds is 4. The van der Waals surface area contributed by atoms with E-state index in [1.807, 2.05) is 0 Å². The summed E-state index contributed by atoms with van der Waals surface area (Å²) in [4.78, 5) is 38.1. The highest BCUT2D eigenvalue weighted by molar-refractivity contribution is 5.95. The zero-order chi connectivity index (χ0) is 20.9. The number of carbonyl (C=O) groups is 3. The Morgan fingerprint density at radius 3 is 2.36 bits per heavy atom. The van der Waals surface area contributed by atoms with Crippen LogP contribution in [0.2, 0.25) is 0 Å². The van der Waals surface area contributed by atoms with Crippen LogP contribution >= 0.6 is 0 Å². The van der Waals surface area contributed by atoms with E-state index in [2.05, 4.69) is 5.32 Å². The molecule has 154 valence electrons. The van der Waals surface area contributed by atoms with E-state index in [1.54, 1.807) is 31.7 Å². The molecule has 1 aliphatic rings. The van der Waals surface area contributed by atoms with Crippen molar-refractivity contribution in [1.82, 2.24) is 4.90 Å². The van der Waals surface area contributed by atoms with E-state index in [0.717, 1.165) is 0 Å². The molecule has 1 fully saturated rings. The van der Waals surface area contributed by atoms with Crippen molar-refractivity contribution < 1.29 is 28.2 Å². The van der Waals surface area contributed by atoms with Crippen molar-refractivity contribution in [3.8, 4) is 0 Å². The van der Waals surface area contributed by atoms with Crippen LogP contribution in [0.5, 0.6) is 0 Å². The van der Waals surface area contributed by atoms with Gasteiger partial charge in [-0.3, -0.25) is 9.59 Å². The predicted octanol–water partition coefficient (Wildman–Crippen LogP) is 3.34. The smallest absolute Gasteiger partial charge is 0.410 e. The molecule has 2 amide bonds. The summed E-state index contributed by atoms with van der Waals surface area (Å²) in [6, 6.07) is 5.75. The van der Waals surface area contributed by atoms with Gasteiger partial charge in [-0.15, -0.1) is 0 Å². The second kappa shape index (κ2) is 9.03. The van der Waals surface area contributed by atoms with Crippen molar-refractivity contribution >= 4 is 23.7 Å². The second-order valence-corrected chi connectivity index (χ2v) is 7.79. The molecule has 1 atom stereocenters. The number of carbonyl (C=O) groups excluding carboxylic acids is 3. The molecule has 1 aromatic carbocycles. The highest BCUT2D eigenvalue weighted by Crippen LogP contribution is 2.22. The van der Waals surface area contributed by atoms with Crippen LogP contribution < -0.4 is 5.32 Å². The molecule has 0 spiro atoms. The lowest BCUT2D eigenvalue weighted by molar-refractivity contribution is -0.158. The number of piperidine rings is 1. The summed E-state index contributed by atoms with van der Waals surface area (Å²) in [6.07, 6.45) is -0.604. The maximum Gasteiger partial charge on any atom is 0.410 e. The van der Waals surface area contributed by atoms with Gasteiger partial charge >= 0.3 is 12.1 Å². The first-order chi connectivity index (χ1) is 13.1. The lowest BCUT2D eigenvalue weighted by Crippen LogP contribution is -2.43. The van der Waals surface area contributed by atoms with Crippen LogP contribution in [0.15, 0.2) is 24.3 Å². The average Bonchev–Trinajstić information content (AvgIpc) is 2.62. The molecule has 0 saturated carbocycles. The molecule has 0 aromatic heterocycles. The summed E-state index contributed by atoms with van der Waals surface area (Å²) in [5.74, 6) is -2.07. The van der Waals surface area contributed by atoms with Crippen LogP contribution in [0.25, 0.3) is 0 Å². The van der Waals surface area contributed by atoms with E-state index in [1.165, 1.54) is 25.1 Å². The molecule has 28 heavy (non-hydrogen) atoms. The molecule has 1 N–H and O–H groups in total. The number of hydrogen-bond donors (Lipinski definition) is 1. The van der Waals surface area contributed by atoms with Crippen molar-refractivity contribution in [3.63, 3.8) is 0 Å². The quantitative estimate of drug-likeness (QED) is 0.792. The molecule has 7 nitrogen and oxygen atoms in total. The van der Waals surface area contributed by atoms with Crippen LogP contribution in [0.4, 0.5) is 14.9 Å². The Morgan fingerprint density at radius 1 is 1.18 bits per heavy atom. The molecule has 2 rings (SSSR count). The van der Waals surface area contributed by atoms with Crippen LogP contribution in [-0.4, -0.2) is 47.7 Å². The monoisotopic (exact) mass is 394 g/mol. The zero-order valence-electron chi connectivity index (χ0n) is 16.7. The number of amides is 2. The number of likely N-dealkylation sites (tertiary alicyclic amines) is 1. The molecule has 1 saturated heterocycles. The van der Waals surface area contributed by atoms with Crippen LogP contribution in [0, 0.1) is 11.7 Å². The maximum absolute atomic E-state index is 13.6. The number of ether oxygens (including phenoxy) is 2. The van der Waals surface area contributed by atoms with Gasteiger partial charge in [-0.05, 0) is 52.7 Å². The van der Waals surface area contributed by atoms with E-state index in [9.17, 15) is 18.8 Å². The number of nitrogens with zero attached hydrogens (tertiary/aromatic N) is 1. The molecule has 1 heterocycles. The Bertz CT molecular complexity index is 724. The third-order valence-electron chi connectivity index (χ3n) is 4.27. The fourth-order valence-electron chi connectivity index (χ4n) is 2.75. The Balaban J connectivity index is 1.81. The highest BCUT2D eigenvalue weighted by atomic mass is 19.1. The lowest BCUT2D eigenvalue weighted by atomic mass is 9.97. The highest BCUT2D eigenvalue weighted by Gasteiger charge is 2.32. The Labute approximate surface area is 164 Å². The molecule has 0 radical (unpaired) electrons. The minimum atomic E-state index is -1.06. The second-order valence-electron chi connectivity index (χ2n) is 7.79. The molecule has 0 unspecified atom stereocenters. The largest absolute Gasteiger partial charge is 0.452 e. The van der Waals surface area contributed by atoms with Gasteiger partial charge in [-0.25, -0.2) is 9.18 Å². The SMILES string of the molecule is C[C@H](OC(=O)C1CCN(C(=O)OC(C)(C)C)CC1)C(=O)Nc1ccccc1F. The number of esters is 1. The number of para-hydroxylation sites is 1. The molecule has 1 aliphatic heterocycles. The third kappa shape index (κ3) is 6.21. The zero-order valence-corrected chi connectivity index (χ0v) is 16.7. The average molecular weight is 394 g/mol. The summed E-state index contributed by atoms with van der Waals surface area (Å²) in [7, 11) is 0. The maximum atomic E-state index is 13.6. The van der Waals surface area contributed by atoms with Gasteiger partial charge in [-0.1, -0.05) is 12.1 Å². The minimum absolute atomic E-state index is 0.0288. The molecule has 0 bridgehead atoms. The summed E-state index contributed by atoms with van der Waals surface area (Å²) < 4.78 is 24.2. The van der Waals surface area contributed by atoms with E-state index in [-0.39, 0.29) is 5.69 Å². The number of hydrogen-bond acceptors (Lipinski definition) is 5. The van der Waals surface area contributed by atoms with E-state index < -0.39 is 41.4 Å². The number of benzene rings is 1. The fourth-order valence-corrected chi connectivity index (χ4v) is 2.75. The van der Waals surface area contributed by atoms with Crippen molar-refractivity contribution in [3.05, 3.63) is 30.1 Å². The lowest BCUT2D eigenvalue weighted by Gasteiger charge is -2.32. The van der Waals surface area contributed by atoms with E-state index in [0.29, 0.717) is 25.9 Å². The molecule has 8 heteroatoms. The number of halogens is 1. The van der Waals surface area contributed by atoms with Gasteiger partial charge in [0.2, 0.25) is 0 Å². The molecular formula is C20H27FN2O5. The molecular weight excluding hydrogens is 367 g/mol. The first-order valence-corrected chi connectivity index (χ1v) is 9.30. The normalized spacial score (nSPS) is 16.2. The third-order valence-corrected chi connectivity index (χ3v) is 4.27. The first-order valence-electron chi connectivity index (χ1n) is 9.30. The van der Waals surface area contributed by atoms with Crippen molar-refractivity contribution in [2.24, 2.45) is 5.92 Å². The van der Waals surface area contributed by atoms with Gasteiger partial charge in [0.15, 0.2) is 6.10 Å². The predicted molar refractivity (Wildman–Crippen MR) is 101 cm³/mol. The first kappa shape index (κ1) is 21.7. The van der Waals surface area contributed by atoms with Crippen LogP contribution in [-0.2, 0) is 19.1 Å². The van der Waals surface area contributed by atoms with Gasteiger partial charge in [-0.2, -0.15) is 0 Å².